The Hall–Kier alpha value is -6.14. The predicted molar refractivity (Wildman–Crippen MR) is 286 cm³/mol. The van der Waals surface area contributed by atoms with Gasteiger partial charge < -0.3 is 19.6 Å². The van der Waals surface area contributed by atoms with Crippen molar-refractivity contribution in [2.75, 3.05) is 4.90 Å². The van der Waals surface area contributed by atoms with Crippen molar-refractivity contribution in [2.24, 2.45) is 0 Å². The second-order valence-electron chi connectivity index (χ2n) is 22.9. The van der Waals surface area contributed by atoms with Crippen LogP contribution >= 0.6 is 0 Å². The number of nitrogens with zero attached hydrogens (tertiary/aromatic N) is 3. The topological polar surface area (TPSA) is 38.2 Å². The van der Waals surface area contributed by atoms with Crippen LogP contribution in [-0.2, 0) is 41.8 Å². The maximum Gasteiger partial charge on any atom is 0.256 e. The van der Waals surface area contributed by atoms with Crippen molar-refractivity contribution in [3.63, 3.8) is 0 Å². The standard InChI is InChI=1S/C50H50BN2O.C13H11FN.Ir/c1-47(2,3)33-18-21-41-36(25-33)50(10,11)37-26-35(49(7,8)9)28-39-46(37)53(41)42-23-32(31-17-20-40(52-29-31)30-15-13-12-14-16-30)24-44-45(42)51(39)38-27-34(48(4,5)6)19-22-43(38)54-44;1-9-7-13(15-8-10(9)2)11-3-5-12(14)6-4-11;/h12-15,17-29H,1-11H3;3,5-8H,1-2H3;/q2*-1;. The smallest absolute Gasteiger partial charge is 0.256 e. The summed E-state index contributed by atoms with van der Waals surface area (Å²) in [5.41, 5.74) is 22.1. The molecule has 0 spiro atoms. The van der Waals surface area contributed by atoms with Crippen LogP contribution in [0.25, 0.3) is 33.6 Å². The maximum absolute atomic E-state index is 12.7. The van der Waals surface area contributed by atoms with E-state index in [1.54, 1.807) is 6.07 Å². The molecule has 355 valence electrons. The van der Waals surface area contributed by atoms with E-state index in [1.165, 1.54) is 79.0 Å². The molecule has 3 aliphatic heterocycles. The van der Waals surface area contributed by atoms with Crippen LogP contribution in [0.2, 0.25) is 0 Å². The Bertz CT molecular complexity index is 3310. The van der Waals surface area contributed by atoms with Gasteiger partial charge in [-0.1, -0.05) is 136 Å². The van der Waals surface area contributed by atoms with Gasteiger partial charge in [-0.15, -0.1) is 65.7 Å². The molecule has 4 nitrogen and oxygen atoms in total. The average molecular weight is 1100 g/mol. The van der Waals surface area contributed by atoms with E-state index in [1.807, 2.05) is 50.5 Å². The minimum Gasteiger partial charge on any atom is -0.458 e. The van der Waals surface area contributed by atoms with E-state index in [9.17, 15) is 4.39 Å². The molecule has 0 atom stereocenters. The SMILES string of the molecule is CC(C)(C)c1ccc2c(c1)B1c3cc(C(C)(C)C)cc4c3N(c3ccc(C(C)(C)C)cc3C4(C)C)c3cc(-c4ccc(-c5[c-]cccc5)nc4)cc(c31)O2.Cc1cnc(-c2[c-]cc(F)cc2)cc1C.[Ir]. The van der Waals surface area contributed by atoms with E-state index in [4.69, 9.17) is 9.72 Å². The number of hydrogen-bond acceptors (Lipinski definition) is 4. The summed E-state index contributed by atoms with van der Waals surface area (Å²) in [6.07, 6.45) is 3.82. The van der Waals surface area contributed by atoms with Crippen molar-refractivity contribution in [3.05, 3.63) is 191 Å². The van der Waals surface area contributed by atoms with Gasteiger partial charge in [0.05, 0.1) is 5.69 Å². The number of pyridine rings is 2. The van der Waals surface area contributed by atoms with E-state index in [0.717, 1.165) is 50.7 Å². The minimum atomic E-state index is -0.275. The minimum absolute atomic E-state index is 0. The molecule has 5 heterocycles. The van der Waals surface area contributed by atoms with Gasteiger partial charge in [0.2, 0.25) is 0 Å². The molecule has 7 heteroatoms. The molecule has 3 aliphatic rings. The van der Waals surface area contributed by atoms with Crippen molar-refractivity contribution in [3.8, 4) is 45.1 Å². The summed E-state index contributed by atoms with van der Waals surface area (Å²) in [4.78, 5) is 11.8. The number of benzene rings is 6. The van der Waals surface area contributed by atoms with E-state index in [0.29, 0.717) is 0 Å². The molecular weight excluding hydrogens is 1040 g/mol. The van der Waals surface area contributed by atoms with Crippen LogP contribution in [0.4, 0.5) is 21.5 Å². The molecule has 2 aromatic heterocycles. The van der Waals surface area contributed by atoms with Crippen molar-refractivity contribution in [2.45, 2.75) is 112 Å². The monoisotopic (exact) mass is 1100 g/mol. The molecule has 0 bridgehead atoms. The zero-order chi connectivity index (χ0) is 48.9. The summed E-state index contributed by atoms with van der Waals surface area (Å²) in [5.74, 6) is 1.57. The third kappa shape index (κ3) is 8.64. The van der Waals surface area contributed by atoms with Crippen LogP contribution in [0.5, 0.6) is 11.5 Å². The first kappa shape index (κ1) is 48.9. The fraction of sp³-hybridized carbons (Fsp3) is 0.270. The quantitative estimate of drug-likeness (QED) is 0.131. The normalized spacial score (nSPS) is 13.9. The predicted octanol–water partition coefficient (Wildman–Crippen LogP) is 14.5. The van der Waals surface area contributed by atoms with E-state index in [2.05, 4.69) is 177 Å². The molecule has 0 saturated carbocycles. The molecule has 0 amide bonds. The van der Waals surface area contributed by atoms with Gasteiger partial charge in [0.1, 0.15) is 11.5 Å². The zero-order valence-electron chi connectivity index (χ0n) is 42.7. The summed E-state index contributed by atoms with van der Waals surface area (Å²) in [7, 11) is 0. The Morgan fingerprint density at radius 3 is 1.90 bits per heavy atom. The van der Waals surface area contributed by atoms with Gasteiger partial charge in [-0.3, -0.25) is 4.39 Å². The fourth-order valence-corrected chi connectivity index (χ4v) is 10.1. The fourth-order valence-electron chi connectivity index (χ4n) is 10.1. The number of ether oxygens (including phenoxy) is 1. The summed E-state index contributed by atoms with van der Waals surface area (Å²) >= 11 is 0. The van der Waals surface area contributed by atoms with Crippen LogP contribution in [0.3, 0.4) is 0 Å². The van der Waals surface area contributed by atoms with E-state index in [-0.39, 0.29) is 54.3 Å². The molecule has 8 aromatic rings. The number of aromatic nitrogens is 2. The van der Waals surface area contributed by atoms with Crippen molar-refractivity contribution < 1.29 is 29.2 Å². The van der Waals surface area contributed by atoms with E-state index >= 15 is 0 Å². The number of fused-ring (bicyclic) bond motifs is 6. The number of rotatable bonds is 3. The Morgan fingerprint density at radius 2 is 1.26 bits per heavy atom. The van der Waals surface area contributed by atoms with Gasteiger partial charge >= 0.3 is 0 Å². The Morgan fingerprint density at radius 1 is 0.586 bits per heavy atom. The Kier molecular flexibility index (Phi) is 12.3. The van der Waals surface area contributed by atoms with Crippen molar-refractivity contribution in [1.82, 2.24) is 9.97 Å². The van der Waals surface area contributed by atoms with Crippen LogP contribution < -0.4 is 26.0 Å². The summed E-state index contributed by atoms with van der Waals surface area (Å²) in [5, 5.41) is 0. The van der Waals surface area contributed by atoms with Gasteiger partial charge in [0.25, 0.3) is 6.71 Å². The summed E-state index contributed by atoms with van der Waals surface area (Å²) in [6, 6.07) is 48.7. The maximum atomic E-state index is 12.7. The van der Waals surface area contributed by atoms with Crippen LogP contribution in [0, 0.1) is 31.8 Å². The molecule has 0 N–H and O–H groups in total. The molecule has 11 rings (SSSR count). The van der Waals surface area contributed by atoms with Crippen molar-refractivity contribution >= 4 is 40.2 Å². The van der Waals surface area contributed by atoms with Crippen LogP contribution in [0.1, 0.15) is 115 Å². The first-order valence-corrected chi connectivity index (χ1v) is 24.3. The summed E-state index contributed by atoms with van der Waals surface area (Å²) in [6.45, 7) is 29.8. The van der Waals surface area contributed by atoms with Gasteiger partial charge in [0.15, 0.2) is 0 Å². The molecule has 1 radical (unpaired) electrons. The number of aryl methyl sites for hydroxylation is 2. The Labute approximate surface area is 429 Å². The number of anilines is 3. The molecule has 6 aromatic carbocycles. The second-order valence-corrected chi connectivity index (χ2v) is 22.9. The molecule has 70 heavy (non-hydrogen) atoms. The molecule has 0 aliphatic carbocycles. The van der Waals surface area contributed by atoms with Gasteiger partial charge in [-0.2, -0.15) is 0 Å². The first-order valence-electron chi connectivity index (χ1n) is 24.3. The largest absolute Gasteiger partial charge is 0.458 e. The number of halogens is 1. The van der Waals surface area contributed by atoms with Gasteiger partial charge in [-0.05, 0) is 127 Å². The first-order chi connectivity index (χ1) is 32.6. The molecular formula is C63H61BFIrN3O-2. The number of hydrogen-bond donors (Lipinski definition) is 0. The van der Waals surface area contributed by atoms with Crippen LogP contribution in [-0.4, -0.2) is 16.7 Å². The third-order valence-electron chi connectivity index (χ3n) is 14.6. The third-order valence-corrected chi connectivity index (χ3v) is 14.6. The average Bonchev–Trinajstić information content (AvgIpc) is 3.31. The Balaban J connectivity index is 0.000000325. The summed E-state index contributed by atoms with van der Waals surface area (Å²) < 4.78 is 19.7. The molecule has 0 saturated heterocycles. The van der Waals surface area contributed by atoms with Gasteiger partial charge in [0, 0.05) is 55.1 Å². The molecule has 0 fully saturated rings. The second kappa shape index (κ2) is 17.6. The van der Waals surface area contributed by atoms with Crippen LogP contribution in [0.15, 0.2) is 134 Å². The van der Waals surface area contributed by atoms with Gasteiger partial charge in [-0.25, -0.2) is 0 Å². The zero-order valence-corrected chi connectivity index (χ0v) is 45.1. The van der Waals surface area contributed by atoms with Crippen molar-refractivity contribution in [1.29, 1.82) is 0 Å². The van der Waals surface area contributed by atoms with E-state index < -0.39 is 0 Å². The molecule has 0 unspecified atom stereocenters.